The van der Waals surface area contributed by atoms with E-state index in [1.54, 1.807) is 0 Å². The van der Waals surface area contributed by atoms with Crippen LogP contribution in [-0.2, 0) is 4.79 Å². The number of rotatable bonds is 5. The van der Waals surface area contributed by atoms with Crippen molar-refractivity contribution in [2.75, 3.05) is 37.7 Å². The number of aliphatic hydroxyl groups is 1. The topological polar surface area (TPSA) is 72.9 Å². The average Bonchev–Trinajstić information content (AvgIpc) is 2.80. The molecule has 0 bridgehead atoms. The van der Waals surface area contributed by atoms with E-state index < -0.39 is 59.1 Å². The number of halogens is 5. The van der Waals surface area contributed by atoms with Crippen molar-refractivity contribution in [3.63, 3.8) is 0 Å². The summed E-state index contributed by atoms with van der Waals surface area (Å²) in [7, 11) is 0. The third-order valence-electron chi connectivity index (χ3n) is 4.94. The predicted octanol–water partition coefficient (Wildman–Crippen LogP) is 1.82. The molecule has 1 aliphatic rings. The highest BCUT2D eigenvalue weighted by molar-refractivity contribution is 5.98. The van der Waals surface area contributed by atoms with Crippen LogP contribution in [0.4, 0.5) is 27.6 Å². The number of nitrogens with zero attached hydrogens (tertiary/aromatic N) is 2. The molecule has 0 saturated carbocycles. The zero-order valence-electron chi connectivity index (χ0n) is 16.0. The number of piperazine rings is 1. The SMILES string of the molecule is O=C(N[C@@H](CO)C(=O)N1CCN(c2ccccc2)CC1)c1c(F)c(F)c(F)c(F)c1F. The standard InChI is InChI=1S/C20H18F5N3O3/c21-14-13(15(22)17(24)18(25)16(14)23)19(30)26-12(10-29)20(31)28-8-6-27(7-9-28)11-4-2-1-3-5-11/h1-5,12,29H,6-10H2,(H,26,30)/t12-/m0/s1. The normalized spacial score (nSPS) is 15.0. The van der Waals surface area contributed by atoms with E-state index in [-0.39, 0.29) is 13.1 Å². The van der Waals surface area contributed by atoms with Crippen molar-refractivity contribution < 1.29 is 36.6 Å². The van der Waals surface area contributed by atoms with Crippen molar-refractivity contribution in [1.82, 2.24) is 10.2 Å². The van der Waals surface area contributed by atoms with Gasteiger partial charge in [-0.3, -0.25) is 9.59 Å². The molecule has 6 nitrogen and oxygen atoms in total. The van der Waals surface area contributed by atoms with E-state index in [0.717, 1.165) is 5.69 Å². The summed E-state index contributed by atoms with van der Waals surface area (Å²) in [6, 6.07) is 7.78. The molecule has 3 rings (SSSR count). The first kappa shape index (κ1) is 22.5. The van der Waals surface area contributed by atoms with Crippen molar-refractivity contribution >= 4 is 17.5 Å². The fourth-order valence-electron chi connectivity index (χ4n) is 3.26. The van der Waals surface area contributed by atoms with Crippen LogP contribution in [-0.4, -0.2) is 60.6 Å². The molecule has 2 aromatic carbocycles. The van der Waals surface area contributed by atoms with Gasteiger partial charge in [-0.1, -0.05) is 18.2 Å². The van der Waals surface area contributed by atoms with Gasteiger partial charge in [0.1, 0.15) is 11.6 Å². The Labute approximate surface area is 173 Å². The van der Waals surface area contributed by atoms with Crippen LogP contribution < -0.4 is 10.2 Å². The second-order valence-electron chi connectivity index (χ2n) is 6.80. The zero-order chi connectivity index (χ0) is 22.7. The summed E-state index contributed by atoms with van der Waals surface area (Å²) in [6.07, 6.45) is 0. The lowest BCUT2D eigenvalue weighted by molar-refractivity contribution is -0.134. The first-order chi connectivity index (χ1) is 14.8. The van der Waals surface area contributed by atoms with Gasteiger partial charge in [-0.05, 0) is 12.1 Å². The number of para-hydroxylation sites is 1. The summed E-state index contributed by atoms with van der Waals surface area (Å²) in [5.74, 6) is -14.1. The van der Waals surface area contributed by atoms with Crippen LogP contribution >= 0.6 is 0 Å². The molecule has 1 atom stereocenters. The number of hydrogen-bond donors (Lipinski definition) is 2. The molecule has 1 heterocycles. The van der Waals surface area contributed by atoms with Crippen molar-refractivity contribution in [3.05, 3.63) is 65.0 Å². The molecule has 1 aliphatic heterocycles. The number of hydrogen-bond acceptors (Lipinski definition) is 4. The van der Waals surface area contributed by atoms with Gasteiger partial charge in [-0.2, -0.15) is 0 Å². The van der Waals surface area contributed by atoms with Gasteiger partial charge in [0.2, 0.25) is 11.7 Å². The lowest BCUT2D eigenvalue weighted by Crippen LogP contribution is -2.56. The highest BCUT2D eigenvalue weighted by Gasteiger charge is 2.33. The third-order valence-corrected chi connectivity index (χ3v) is 4.94. The fraction of sp³-hybridized carbons (Fsp3) is 0.300. The number of carbonyl (C=O) groups is 2. The Hall–Kier alpha value is -3.21. The Kier molecular flexibility index (Phi) is 6.74. The van der Waals surface area contributed by atoms with E-state index in [2.05, 4.69) is 0 Å². The van der Waals surface area contributed by atoms with Crippen LogP contribution in [0.15, 0.2) is 30.3 Å². The van der Waals surface area contributed by atoms with Crippen LogP contribution in [0.25, 0.3) is 0 Å². The van der Waals surface area contributed by atoms with Crippen molar-refractivity contribution in [2.24, 2.45) is 0 Å². The fourth-order valence-corrected chi connectivity index (χ4v) is 3.26. The summed E-state index contributed by atoms with van der Waals surface area (Å²) in [5, 5.41) is 11.3. The van der Waals surface area contributed by atoms with E-state index in [0.29, 0.717) is 13.1 Å². The first-order valence-corrected chi connectivity index (χ1v) is 9.28. The molecule has 166 valence electrons. The maximum absolute atomic E-state index is 13.8. The maximum atomic E-state index is 13.8. The van der Waals surface area contributed by atoms with Crippen LogP contribution in [0.2, 0.25) is 0 Å². The Morgan fingerprint density at radius 1 is 0.871 bits per heavy atom. The molecule has 0 spiro atoms. The van der Waals surface area contributed by atoms with Gasteiger partial charge in [0.25, 0.3) is 5.91 Å². The van der Waals surface area contributed by atoms with Gasteiger partial charge in [0, 0.05) is 31.9 Å². The smallest absolute Gasteiger partial charge is 0.258 e. The Balaban J connectivity index is 1.69. The lowest BCUT2D eigenvalue weighted by atomic mass is 10.1. The molecular weight excluding hydrogens is 425 g/mol. The van der Waals surface area contributed by atoms with E-state index in [9.17, 15) is 36.6 Å². The molecule has 2 N–H and O–H groups in total. The van der Waals surface area contributed by atoms with E-state index in [1.807, 2.05) is 40.5 Å². The quantitative estimate of drug-likeness (QED) is 0.420. The average molecular weight is 443 g/mol. The minimum absolute atomic E-state index is 0.239. The number of amides is 2. The highest BCUT2D eigenvalue weighted by atomic mass is 19.2. The number of aliphatic hydroxyl groups excluding tert-OH is 1. The minimum atomic E-state index is -2.40. The maximum Gasteiger partial charge on any atom is 0.258 e. The number of anilines is 1. The molecule has 0 aliphatic carbocycles. The molecule has 31 heavy (non-hydrogen) atoms. The summed E-state index contributed by atoms with van der Waals surface area (Å²) >= 11 is 0. The summed E-state index contributed by atoms with van der Waals surface area (Å²) in [4.78, 5) is 28.1. The molecule has 2 aromatic rings. The van der Waals surface area contributed by atoms with Gasteiger partial charge in [-0.25, -0.2) is 22.0 Å². The predicted molar refractivity (Wildman–Crippen MR) is 99.8 cm³/mol. The molecule has 2 amide bonds. The number of carbonyl (C=O) groups excluding carboxylic acids is 2. The second-order valence-corrected chi connectivity index (χ2v) is 6.80. The first-order valence-electron chi connectivity index (χ1n) is 9.28. The third kappa shape index (κ3) is 4.46. The highest BCUT2D eigenvalue weighted by Crippen LogP contribution is 2.23. The Morgan fingerprint density at radius 2 is 1.39 bits per heavy atom. The van der Waals surface area contributed by atoms with Crippen LogP contribution in [0, 0.1) is 29.1 Å². The minimum Gasteiger partial charge on any atom is -0.394 e. The zero-order valence-corrected chi connectivity index (χ0v) is 16.0. The number of benzene rings is 2. The molecule has 1 fully saturated rings. The van der Waals surface area contributed by atoms with E-state index in [1.165, 1.54) is 4.90 Å². The Morgan fingerprint density at radius 3 is 1.90 bits per heavy atom. The molecule has 1 saturated heterocycles. The van der Waals surface area contributed by atoms with Crippen molar-refractivity contribution in [1.29, 1.82) is 0 Å². The summed E-state index contributed by atoms with van der Waals surface area (Å²) in [5.41, 5.74) is -0.774. The molecule has 0 unspecified atom stereocenters. The van der Waals surface area contributed by atoms with Crippen LogP contribution in [0.3, 0.4) is 0 Å². The monoisotopic (exact) mass is 443 g/mol. The van der Waals surface area contributed by atoms with E-state index in [4.69, 9.17) is 0 Å². The van der Waals surface area contributed by atoms with Gasteiger partial charge in [0.15, 0.2) is 23.3 Å². The lowest BCUT2D eigenvalue weighted by Gasteiger charge is -2.37. The van der Waals surface area contributed by atoms with Gasteiger partial charge >= 0.3 is 0 Å². The summed E-state index contributed by atoms with van der Waals surface area (Å²) < 4.78 is 67.5. The number of nitrogens with one attached hydrogen (secondary N) is 1. The second kappa shape index (κ2) is 9.29. The van der Waals surface area contributed by atoms with Gasteiger partial charge < -0.3 is 20.2 Å². The molecular formula is C20H18F5N3O3. The summed E-state index contributed by atoms with van der Waals surface area (Å²) in [6.45, 7) is 0.461. The van der Waals surface area contributed by atoms with Gasteiger partial charge in [-0.15, -0.1) is 0 Å². The van der Waals surface area contributed by atoms with Crippen molar-refractivity contribution in [2.45, 2.75) is 6.04 Å². The molecule has 0 aromatic heterocycles. The Bertz CT molecular complexity index is 953. The van der Waals surface area contributed by atoms with Gasteiger partial charge in [0.05, 0.1) is 6.61 Å². The van der Waals surface area contributed by atoms with Crippen LogP contribution in [0.1, 0.15) is 10.4 Å². The largest absolute Gasteiger partial charge is 0.394 e. The van der Waals surface area contributed by atoms with Crippen molar-refractivity contribution in [3.8, 4) is 0 Å². The van der Waals surface area contributed by atoms with Crippen LogP contribution in [0.5, 0.6) is 0 Å². The molecule has 0 radical (unpaired) electrons. The van der Waals surface area contributed by atoms with E-state index >= 15 is 0 Å². The molecule has 11 heteroatoms.